The smallest absolute Gasteiger partial charge is 0.269 e. The first-order valence-corrected chi connectivity index (χ1v) is 5.29. The fourth-order valence-corrected chi connectivity index (χ4v) is 1.32. The third-order valence-electron chi connectivity index (χ3n) is 1.80. The Labute approximate surface area is 77.6 Å². The van der Waals surface area contributed by atoms with Gasteiger partial charge in [-0.3, -0.25) is 4.55 Å². The van der Waals surface area contributed by atoms with Crippen molar-refractivity contribution in [2.24, 2.45) is 0 Å². The molecule has 2 N–H and O–H groups in total. The Hall–Kier alpha value is -0.680. The van der Waals surface area contributed by atoms with Crippen molar-refractivity contribution >= 4 is 16.1 Å². The molecule has 0 aliphatic heterocycles. The fraction of sp³-hybridized carbons (Fsp3) is 0.714. The molecule has 13 heavy (non-hydrogen) atoms. The molecule has 0 aromatic heterocycles. The molecule has 0 aliphatic carbocycles. The highest BCUT2D eigenvalue weighted by Crippen LogP contribution is 2.02. The normalized spacial score (nSPS) is 15.9. The Morgan fingerprint density at radius 1 is 1.54 bits per heavy atom. The second-order valence-electron chi connectivity index (χ2n) is 2.74. The number of hydrogen-bond acceptors (Lipinski definition) is 4. The molecule has 5 nitrogen and oxygen atoms in total. The lowest BCUT2D eigenvalue weighted by Crippen LogP contribution is -2.40. The molecule has 0 bridgehead atoms. The van der Waals surface area contributed by atoms with E-state index in [-0.39, 0.29) is 6.54 Å². The maximum Gasteiger partial charge on any atom is 0.269 e. The van der Waals surface area contributed by atoms with Crippen LogP contribution in [0.15, 0.2) is 6.08 Å². The van der Waals surface area contributed by atoms with Gasteiger partial charge in [0.15, 0.2) is 0 Å². The molecule has 0 aliphatic rings. The molecule has 2 atom stereocenters. The molecule has 0 spiro atoms. The van der Waals surface area contributed by atoms with Crippen molar-refractivity contribution in [2.45, 2.75) is 25.1 Å². The van der Waals surface area contributed by atoms with Crippen LogP contribution in [0.1, 0.15) is 13.8 Å². The second-order valence-corrected chi connectivity index (χ2v) is 4.51. The topological polar surface area (TPSA) is 83.5 Å². The van der Waals surface area contributed by atoms with E-state index in [0.29, 0.717) is 0 Å². The van der Waals surface area contributed by atoms with Crippen molar-refractivity contribution < 1.29 is 17.8 Å². The summed E-state index contributed by atoms with van der Waals surface area (Å²) in [5.74, 6) is 1.55. The Bertz CT molecular complexity index is 292. The Kier molecular flexibility index (Phi) is 4.87. The molecule has 6 heteroatoms. The van der Waals surface area contributed by atoms with Gasteiger partial charge in [-0.15, -0.1) is 0 Å². The zero-order valence-electron chi connectivity index (χ0n) is 7.52. The van der Waals surface area contributed by atoms with Crippen molar-refractivity contribution in [3.63, 3.8) is 0 Å². The Morgan fingerprint density at radius 3 is 2.46 bits per heavy atom. The summed E-state index contributed by atoms with van der Waals surface area (Å²) in [5, 5.41) is 1.84. The molecular weight excluding hydrogens is 194 g/mol. The van der Waals surface area contributed by atoms with E-state index in [2.05, 4.69) is 5.32 Å². The van der Waals surface area contributed by atoms with Crippen LogP contribution in [0.4, 0.5) is 0 Å². The Balaban J connectivity index is 4.12. The van der Waals surface area contributed by atoms with Crippen LogP contribution in [0.3, 0.4) is 0 Å². The van der Waals surface area contributed by atoms with E-state index in [4.69, 9.17) is 4.55 Å². The van der Waals surface area contributed by atoms with Crippen LogP contribution in [-0.4, -0.2) is 36.7 Å². The van der Waals surface area contributed by atoms with Crippen LogP contribution in [0.25, 0.3) is 0 Å². The largest absolute Gasteiger partial charge is 0.309 e. The highest BCUT2D eigenvalue weighted by atomic mass is 32.2. The van der Waals surface area contributed by atoms with Crippen LogP contribution in [0, 0.1) is 0 Å². The SMILES string of the molecule is CC(NCC=C=O)C(C)S(=O)(=O)O. The first kappa shape index (κ1) is 12.3. The summed E-state index contributed by atoms with van der Waals surface area (Å²) < 4.78 is 29.9. The monoisotopic (exact) mass is 207 g/mol. The molecule has 0 fully saturated rings. The molecule has 0 radical (unpaired) electrons. The molecule has 0 saturated heterocycles. The summed E-state index contributed by atoms with van der Waals surface area (Å²) in [7, 11) is -4.01. The van der Waals surface area contributed by atoms with Crippen molar-refractivity contribution in [2.75, 3.05) is 6.54 Å². The van der Waals surface area contributed by atoms with Gasteiger partial charge in [0, 0.05) is 18.7 Å². The van der Waals surface area contributed by atoms with E-state index in [9.17, 15) is 13.2 Å². The van der Waals surface area contributed by atoms with Gasteiger partial charge in [-0.2, -0.15) is 8.42 Å². The predicted molar refractivity (Wildman–Crippen MR) is 48.7 cm³/mol. The molecular formula is C7H13NO4S. The van der Waals surface area contributed by atoms with Gasteiger partial charge >= 0.3 is 0 Å². The highest BCUT2D eigenvalue weighted by Gasteiger charge is 2.23. The van der Waals surface area contributed by atoms with Gasteiger partial charge in [0.2, 0.25) is 0 Å². The van der Waals surface area contributed by atoms with E-state index in [1.807, 2.05) is 0 Å². The van der Waals surface area contributed by atoms with Crippen LogP contribution >= 0.6 is 0 Å². The lowest BCUT2D eigenvalue weighted by atomic mass is 10.2. The molecule has 0 amide bonds. The zero-order valence-corrected chi connectivity index (χ0v) is 8.34. The minimum absolute atomic E-state index is 0.241. The van der Waals surface area contributed by atoms with E-state index < -0.39 is 21.4 Å². The number of carbonyl (C=O) groups excluding carboxylic acids is 1. The van der Waals surface area contributed by atoms with Crippen molar-refractivity contribution in [1.82, 2.24) is 5.32 Å². The summed E-state index contributed by atoms with van der Waals surface area (Å²) in [6.07, 6.45) is 1.20. The minimum Gasteiger partial charge on any atom is -0.309 e. The third-order valence-corrected chi connectivity index (χ3v) is 3.15. The molecule has 0 aromatic rings. The average molecular weight is 207 g/mol. The van der Waals surface area contributed by atoms with Crippen LogP contribution in [0.5, 0.6) is 0 Å². The molecule has 0 rings (SSSR count). The minimum atomic E-state index is -4.01. The molecule has 0 heterocycles. The van der Waals surface area contributed by atoms with Crippen LogP contribution in [-0.2, 0) is 14.9 Å². The van der Waals surface area contributed by atoms with Crippen molar-refractivity contribution in [3.05, 3.63) is 6.08 Å². The average Bonchev–Trinajstić information content (AvgIpc) is 2.01. The first-order valence-electron chi connectivity index (χ1n) is 3.78. The number of nitrogens with one attached hydrogen (secondary N) is 1. The summed E-state index contributed by atoms with van der Waals surface area (Å²) in [4.78, 5) is 9.76. The molecule has 2 unspecified atom stereocenters. The van der Waals surface area contributed by atoms with Gasteiger partial charge in [0.05, 0.1) is 5.25 Å². The fourth-order valence-electron chi connectivity index (χ4n) is 0.710. The van der Waals surface area contributed by atoms with Crippen LogP contribution in [0.2, 0.25) is 0 Å². The highest BCUT2D eigenvalue weighted by molar-refractivity contribution is 7.86. The summed E-state index contributed by atoms with van der Waals surface area (Å²) in [6, 6.07) is -0.417. The van der Waals surface area contributed by atoms with Gasteiger partial charge < -0.3 is 5.32 Å². The van der Waals surface area contributed by atoms with Gasteiger partial charge in [0.1, 0.15) is 5.94 Å². The predicted octanol–water partition coefficient (Wildman–Crippen LogP) is -0.371. The lowest BCUT2D eigenvalue weighted by Gasteiger charge is -2.17. The van der Waals surface area contributed by atoms with Crippen molar-refractivity contribution in [3.8, 4) is 0 Å². The van der Waals surface area contributed by atoms with Gasteiger partial charge in [-0.05, 0) is 13.8 Å². The Morgan fingerprint density at radius 2 is 2.08 bits per heavy atom. The lowest BCUT2D eigenvalue weighted by molar-refractivity contribution is 0.447. The standard InChI is InChI=1S/C7H13NO4S/c1-6(8-4-3-5-9)7(2)13(10,11)12/h3,6-8H,4H2,1-2H3,(H,10,11,12). The van der Waals surface area contributed by atoms with Crippen LogP contribution < -0.4 is 5.32 Å². The van der Waals surface area contributed by atoms with Crippen molar-refractivity contribution in [1.29, 1.82) is 0 Å². The van der Waals surface area contributed by atoms with E-state index in [1.165, 1.54) is 13.0 Å². The quantitative estimate of drug-likeness (QED) is 0.474. The summed E-state index contributed by atoms with van der Waals surface area (Å²) in [6.45, 7) is 3.24. The second kappa shape index (κ2) is 5.14. The van der Waals surface area contributed by atoms with E-state index in [1.54, 1.807) is 12.9 Å². The maximum atomic E-state index is 10.6. The first-order chi connectivity index (χ1) is 5.89. The third kappa shape index (κ3) is 4.80. The summed E-state index contributed by atoms with van der Waals surface area (Å²) >= 11 is 0. The maximum absolute atomic E-state index is 10.6. The van der Waals surface area contributed by atoms with Gasteiger partial charge in [-0.25, -0.2) is 4.79 Å². The van der Waals surface area contributed by atoms with Gasteiger partial charge in [-0.1, -0.05) is 0 Å². The van der Waals surface area contributed by atoms with E-state index >= 15 is 0 Å². The number of hydrogen-bond donors (Lipinski definition) is 2. The molecule has 0 saturated carbocycles. The number of rotatable bonds is 5. The molecule has 76 valence electrons. The summed E-state index contributed by atoms with van der Waals surface area (Å²) in [5.41, 5.74) is 0. The van der Waals surface area contributed by atoms with Gasteiger partial charge in [0.25, 0.3) is 10.1 Å². The zero-order chi connectivity index (χ0) is 10.5. The molecule has 0 aromatic carbocycles. The van der Waals surface area contributed by atoms with E-state index in [0.717, 1.165) is 0 Å².